The molecular formula is C29H40N4OSSi. The van der Waals surface area contributed by atoms with E-state index in [2.05, 4.69) is 87.6 Å². The molecule has 1 aromatic carbocycles. The van der Waals surface area contributed by atoms with Gasteiger partial charge in [-0.15, -0.1) is 10.2 Å². The molecule has 2 aromatic heterocycles. The van der Waals surface area contributed by atoms with Crippen molar-refractivity contribution >= 4 is 20.1 Å². The van der Waals surface area contributed by atoms with Crippen LogP contribution in [0.4, 0.5) is 0 Å². The second-order valence-electron chi connectivity index (χ2n) is 12.4. The first-order valence-corrected chi connectivity index (χ1v) is 17.1. The van der Waals surface area contributed by atoms with E-state index in [-0.39, 0.29) is 15.2 Å². The van der Waals surface area contributed by atoms with E-state index < -0.39 is 8.32 Å². The van der Waals surface area contributed by atoms with E-state index in [0.29, 0.717) is 0 Å². The number of nitrogens with zero attached hydrogens (tertiary/aromatic N) is 4. The Morgan fingerprint density at radius 2 is 1.81 bits per heavy atom. The molecule has 0 N–H and O–H groups in total. The van der Waals surface area contributed by atoms with Gasteiger partial charge in [-0.2, -0.15) is 11.8 Å². The van der Waals surface area contributed by atoms with Gasteiger partial charge in [-0.25, -0.2) is 0 Å². The molecule has 0 bridgehead atoms. The van der Waals surface area contributed by atoms with Crippen LogP contribution in [0.25, 0.3) is 11.3 Å². The Hall–Kier alpha value is -1.96. The largest absolute Gasteiger partial charge is 0.415 e. The molecule has 1 saturated carbocycles. The molecule has 0 amide bonds. The average molecular weight is 521 g/mol. The molecule has 3 heterocycles. The minimum absolute atomic E-state index is 0.00795. The van der Waals surface area contributed by atoms with Crippen molar-refractivity contribution in [1.29, 1.82) is 0 Å². The van der Waals surface area contributed by atoms with Crippen LogP contribution in [-0.4, -0.2) is 45.2 Å². The lowest BCUT2D eigenvalue weighted by Crippen LogP contribution is -2.45. The molecule has 192 valence electrons. The van der Waals surface area contributed by atoms with E-state index in [4.69, 9.17) is 14.6 Å². The number of hydrogen-bond acceptors (Lipinski definition) is 5. The van der Waals surface area contributed by atoms with Crippen LogP contribution in [0, 0.1) is 6.92 Å². The van der Waals surface area contributed by atoms with Gasteiger partial charge in [0.1, 0.15) is 11.6 Å². The minimum atomic E-state index is -1.80. The van der Waals surface area contributed by atoms with Gasteiger partial charge in [0.15, 0.2) is 8.32 Å². The third-order valence-corrected chi connectivity index (χ3v) is 14.4. The summed E-state index contributed by atoms with van der Waals surface area (Å²) in [6, 6.07) is 13.1. The molecule has 36 heavy (non-hydrogen) atoms. The molecule has 5 rings (SSSR count). The highest BCUT2D eigenvalue weighted by Crippen LogP contribution is 2.53. The van der Waals surface area contributed by atoms with Gasteiger partial charge >= 0.3 is 0 Å². The fraction of sp³-hybridized carbons (Fsp3) is 0.552. The number of hydrogen-bond donors (Lipinski definition) is 0. The second kappa shape index (κ2) is 9.10. The highest BCUT2D eigenvalue weighted by Gasteiger charge is 2.51. The molecule has 5 nitrogen and oxygen atoms in total. The predicted molar refractivity (Wildman–Crippen MR) is 152 cm³/mol. The lowest BCUT2D eigenvalue weighted by Gasteiger charge is -2.39. The fourth-order valence-corrected chi connectivity index (χ4v) is 7.32. The average Bonchev–Trinajstić information content (AvgIpc) is 3.57. The maximum Gasteiger partial charge on any atom is 0.192 e. The van der Waals surface area contributed by atoms with Crippen molar-refractivity contribution in [3.63, 3.8) is 0 Å². The molecule has 1 aliphatic heterocycles. The summed E-state index contributed by atoms with van der Waals surface area (Å²) in [6.45, 7) is 17.8. The van der Waals surface area contributed by atoms with Gasteiger partial charge < -0.3 is 8.99 Å². The lowest BCUT2D eigenvalue weighted by atomic mass is 9.93. The first kappa shape index (κ1) is 25.7. The number of pyridine rings is 1. The van der Waals surface area contributed by atoms with Crippen molar-refractivity contribution in [3.8, 4) is 11.3 Å². The van der Waals surface area contributed by atoms with E-state index in [0.717, 1.165) is 55.5 Å². The Kier molecular flexibility index (Phi) is 6.49. The quantitative estimate of drug-likeness (QED) is 0.335. The van der Waals surface area contributed by atoms with Crippen molar-refractivity contribution in [1.82, 2.24) is 19.7 Å². The number of rotatable bonds is 6. The molecule has 0 radical (unpaired) electrons. The normalized spacial score (nSPS) is 21.6. The molecule has 1 fully saturated rings. The molecular weight excluding hydrogens is 480 g/mol. The van der Waals surface area contributed by atoms with Gasteiger partial charge in [-0.05, 0) is 62.0 Å². The Morgan fingerprint density at radius 1 is 1.08 bits per heavy atom. The van der Waals surface area contributed by atoms with E-state index in [9.17, 15) is 0 Å². The van der Waals surface area contributed by atoms with E-state index in [1.807, 2.05) is 24.0 Å². The third-order valence-electron chi connectivity index (χ3n) is 8.57. The van der Waals surface area contributed by atoms with E-state index in [1.165, 1.54) is 16.7 Å². The summed E-state index contributed by atoms with van der Waals surface area (Å²) < 4.78 is 9.12. The highest BCUT2D eigenvalue weighted by molar-refractivity contribution is 8.00. The zero-order valence-electron chi connectivity index (χ0n) is 22.9. The summed E-state index contributed by atoms with van der Waals surface area (Å²) >= 11 is 2.04. The van der Waals surface area contributed by atoms with Crippen LogP contribution >= 0.6 is 11.8 Å². The van der Waals surface area contributed by atoms with Crippen LogP contribution < -0.4 is 0 Å². The van der Waals surface area contributed by atoms with Crippen LogP contribution in [0.1, 0.15) is 63.3 Å². The van der Waals surface area contributed by atoms with E-state index in [1.54, 1.807) is 0 Å². The second-order valence-corrected chi connectivity index (χ2v) is 18.9. The maximum atomic E-state index is 6.67. The van der Waals surface area contributed by atoms with Gasteiger partial charge in [0, 0.05) is 41.8 Å². The summed E-state index contributed by atoms with van der Waals surface area (Å²) in [4.78, 5) is 4.59. The van der Waals surface area contributed by atoms with Crippen molar-refractivity contribution in [2.24, 2.45) is 0 Å². The minimum Gasteiger partial charge on any atom is -0.415 e. The molecule has 1 atom stereocenters. The Labute approximate surface area is 221 Å². The fourth-order valence-electron chi connectivity index (χ4n) is 4.97. The first-order chi connectivity index (χ1) is 16.9. The molecule has 0 saturated heterocycles. The van der Waals surface area contributed by atoms with Crippen LogP contribution in [0.3, 0.4) is 0 Å². The number of aryl methyl sites for hydroxylation is 1. The first-order valence-electron chi connectivity index (χ1n) is 13.2. The number of benzene rings is 1. The number of aromatic nitrogens is 4. The van der Waals surface area contributed by atoms with Crippen LogP contribution in [0.15, 0.2) is 42.6 Å². The summed E-state index contributed by atoms with van der Waals surface area (Å²) in [5.41, 5.74) is 4.76. The van der Waals surface area contributed by atoms with Crippen molar-refractivity contribution in [3.05, 3.63) is 65.4 Å². The molecule has 7 heteroatoms. The third kappa shape index (κ3) is 4.70. The molecule has 1 unspecified atom stereocenters. The van der Waals surface area contributed by atoms with E-state index >= 15 is 0 Å². The van der Waals surface area contributed by atoms with Crippen molar-refractivity contribution < 1.29 is 4.43 Å². The zero-order chi connectivity index (χ0) is 25.8. The van der Waals surface area contributed by atoms with Gasteiger partial charge in [0.25, 0.3) is 0 Å². The zero-order valence-corrected chi connectivity index (χ0v) is 24.7. The van der Waals surface area contributed by atoms with Crippen LogP contribution in [0.2, 0.25) is 18.1 Å². The number of thioether (sulfide) groups is 1. The topological polar surface area (TPSA) is 52.8 Å². The van der Waals surface area contributed by atoms with Crippen molar-refractivity contribution in [2.45, 2.75) is 88.7 Å². The monoisotopic (exact) mass is 520 g/mol. The van der Waals surface area contributed by atoms with Gasteiger partial charge in [-0.1, -0.05) is 51.1 Å². The SMILES string of the molecule is Cc1cccnc1-c1ccc(C2(c3nnc4n3CCSC(C)(CO[Si](C)(C)C(C)(C)C)C4)CC2)cc1. The van der Waals surface area contributed by atoms with Crippen molar-refractivity contribution in [2.75, 3.05) is 12.4 Å². The Morgan fingerprint density at radius 3 is 2.44 bits per heavy atom. The smallest absolute Gasteiger partial charge is 0.192 e. The summed E-state index contributed by atoms with van der Waals surface area (Å²) in [5, 5.41) is 9.79. The highest BCUT2D eigenvalue weighted by atomic mass is 32.2. The summed E-state index contributed by atoms with van der Waals surface area (Å²) in [5.74, 6) is 3.32. The Balaban J connectivity index is 1.37. The van der Waals surface area contributed by atoms with Gasteiger partial charge in [-0.3, -0.25) is 4.98 Å². The van der Waals surface area contributed by atoms with Crippen LogP contribution in [-0.2, 0) is 22.8 Å². The molecule has 0 spiro atoms. The van der Waals surface area contributed by atoms with Gasteiger partial charge in [0.05, 0.1) is 11.1 Å². The molecule has 1 aliphatic carbocycles. The Bertz CT molecular complexity index is 1240. The summed E-state index contributed by atoms with van der Waals surface area (Å²) in [6.07, 6.45) is 5.03. The maximum absolute atomic E-state index is 6.67. The standard InChI is InChI=1S/C29H40N4OSSi/c1-21-9-8-16-30-25(21)22-10-12-23(13-11-22)29(14-15-29)26-32-31-24-19-28(5,35-18-17-33(24)26)20-34-36(6,7)27(2,3)4/h8-13,16H,14-15,17-20H2,1-7H3. The van der Waals surface area contributed by atoms with Crippen LogP contribution in [0.5, 0.6) is 0 Å². The van der Waals surface area contributed by atoms with Gasteiger partial charge in [0.2, 0.25) is 0 Å². The predicted octanol–water partition coefficient (Wildman–Crippen LogP) is 6.80. The molecule has 3 aromatic rings. The summed E-state index contributed by atoms with van der Waals surface area (Å²) in [7, 11) is -1.80. The number of fused-ring (bicyclic) bond motifs is 1. The molecule has 2 aliphatic rings. The lowest BCUT2D eigenvalue weighted by molar-refractivity contribution is 0.252.